The van der Waals surface area contributed by atoms with Crippen molar-refractivity contribution >= 4 is 34.0 Å². The maximum atomic E-state index is 15.3. The number of anilines is 3. The summed E-state index contributed by atoms with van der Waals surface area (Å²) in [5.74, 6) is -2.97. The van der Waals surface area contributed by atoms with Gasteiger partial charge in [0.05, 0.1) is 11.2 Å². The predicted molar refractivity (Wildman–Crippen MR) is 140 cm³/mol. The molecule has 0 spiro atoms. The number of rotatable bonds is 6. The number of aromatic nitrogens is 3. The Morgan fingerprint density at radius 1 is 1.03 bits per heavy atom. The first-order valence-electron chi connectivity index (χ1n) is 12.7. The molecular weight excluding hydrogens is 511 g/mol. The second-order valence-corrected chi connectivity index (χ2v) is 9.59. The smallest absolute Gasteiger partial charge is 0.263 e. The van der Waals surface area contributed by atoms with Crippen LogP contribution in [0.5, 0.6) is 11.6 Å². The lowest BCUT2D eigenvalue weighted by Gasteiger charge is -2.31. The second kappa shape index (κ2) is 10.1. The minimum Gasteiger partial charge on any atom is -0.435 e. The molecule has 202 valence electrons. The quantitative estimate of drug-likeness (QED) is 0.334. The highest BCUT2D eigenvalue weighted by atomic mass is 19.1. The molecule has 2 aliphatic heterocycles. The molecule has 2 saturated heterocycles. The third-order valence-corrected chi connectivity index (χ3v) is 6.95. The van der Waals surface area contributed by atoms with Crippen molar-refractivity contribution in [3.8, 4) is 11.6 Å². The lowest BCUT2D eigenvalue weighted by atomic mass is 10.1. The zero-order chi connectivity index (χ0) is 27.1. The molecule has 9 nitrogen and oxygen atoms in total. The Morgan fingerprint density at radius 3 is 2.54 bits per heavy atom. The number of benzene rings is 2. The first-order valence-corrected chi connectivity index (χ1v) is 12.7. The number of nitrogens with one attached hydrogen (secondary N) is 3. The van der Waals surface area contributed by atoms with E-state index in [1.54, 1.807) is 24.0 Å². The number of amides is 1. The van der Waals surface area contributed by atoms with E-state index < -0.39 is 29.1 Å². The normalized spacial score (nSPS) is 15.4. The average molecular weight is 538 g/mol. The highest BCUT2D eigenvalue weighted by Gasteiger charge is 2.30. The fraction of sp³-hybridized carbons (Fsp3) is 0.296. The van der Waals surface area contributed by atoms with Crippen LogP contribution in [0.4, 0.5) is 30.4 Å². The van der Waals surface area contributed by atoms with Crippen LogP contribution in [0.15, 0.2) is 36.7 Å². The van der Waals surface area contributed by atoms with E-state index >= 15 is 8.78 Å². The van der Waals surface area contributed by atoms with Crippen LogP contribution >= 0.6 is 0 Å². The minimum atomic E-state index is -0.795. The predicted octanol–water partition coefficient (Wildman–Crippen LogP) is 4.48. The molecule has 0 saturated carbocycles. The van der Waals surface area contributed by atoms with Crippen molar-refractivity contribution in [1.29, 1.82) is 0 Å². The molecule has 4 aromatic rings. The van der Waals surface area contributed by atoms with Crippen LogP contribution in [-0.2, 0) is 0 Å². The van der Waals surface area contributed by atoms with Crippen LogP contribution in [-0.4, -0.2) is 65.0 Å². The zero-order valence-corrected chi connectivity index (χ0v) is 21.2. The zero-order valence-electron chi connectivity index (χ0n) is 21.2. The lowest BCUT2D eigenvalue weighted by Crippen LogP contribution is -2.43. The van der Waals surface area contributed by atoms with Crippen LogP contribution in [0.2, 0.25) is 0 Å². The summed E-state index contributed by atoms with van der Waals surface area (Å²) >= 11 is 0. The number of likely N-dealkylation sites (tertiary alicyclic amines) is 1. The molecule has 39 heavy (non-hydrogen) atoms. The van der Waals surface area contributed by atoms with Gasteiger partial charge >= 0.3 is 0 Å². The number of carbonyl (C=O) groups excluding carboxylic acids is 1. The number of aromatic amines is 1. The van der Waals surface area contributed by atoms with Crippen molar-refractivity contribution in [3.63, 3.8) is 0 Å². The Hall–Kier alpha value is -4.32. The minimum absolute atomic E-state index is 0.0190. The van der Waals surface area contributed by atoms with E-state index in [2.05, 4.69) is 25.6 Å². The van der Waals surface area contributed by atoms with E-state index in [-0.39, 0.29) is 28.2 Å². The number of halogens is 3. The van der Waals surface area contributed by atoms with Crippen molar-refractivity contribution < 1.29 is 22.7 Å². The van der Waals surface area contributed by atoms with E-state index in [1.807, 2.05) is 4.90 Å². The summed E-state index contributed by atoms with van der Waals surface area (Å²) < 4.78 is 50.8. The largest absolute Gasteiger partial charge is 0.435 e. The lowest BCUT2D eigenvalue weighted by molar-refractivity contribution is 0.0649. The van der Waals surface area contributed by atoms with Crippen molar-refractivity contribution in [2.45, 2.75) is 13.3 Å². The monoisotopic (exact) mass is 537 g/mol. The Balaban J connectivity index is 1.36. The molecule has 0 bridgehead atoms. The van der Waals surface area contributed by atoms with E-state index in [0.717, 1.165) is 31.9 Å². The van der Waals surface area contributed by atoms with Gasteiger partial charge in [0.15, 0.2) is 23.2 Å². The first kappa shape index (κ1) is 25.0. The number of hydrogen-bond acceptors (Lipinski definition) is 7. The summed E-state index contributed by atoms with van der Waals surface area (Å²) in [6.07, 6.45) is 1.98. The molecule has 0 unspecified atom stereocenters. The third kappa shape index (κ3) is 4.71. The van der Waals surface area contributed by atoms with Crippen molar-refractivity contribution in [2.24, 2.45) is 0 Å². The number of piperazine rings is 1. The number of H-pyrrole nitrogens is 1. The maximum Gasteiger partial charge on any atom is 0.263 e. The summed E-state index contributed by atoms with van der Waals surface area (Å²) in [5, 5.41) is 6.25. The van der Waals surface area contributed by atoms with Crippen LogP contribution in [0.1, 0.15) is 22.5 Å². The molecule has 0 atom stereocenters. The van der Waals surface area contributed by atoms with Crippen LogP contribution < -0.4 is 20.3 Å². The highest BCUT2D eigenvalue weighted by molar-refractivity contribution is 6.02. The van der Waals surface area contributed by atoms with Gasteiger partial charge in [-0.25, -0.2) is 23.1 Å². The number of nitrogens with zero attached hydrogens (tertiary/aromatic N) is 4. The molecule has 1 amide bonds. The molecular formula is C27H26F3N7O2. The van der Waals surface area contributed by atoms with E-state index in [4.69, 9.17) is 4.74 Å². The number of fused-ring (bicyclic) bond motifs is 1. The fourth-order valence-electron chi connectivity index (χ4n) is 4.81. The maximum absolute atomic E-state index is 15.3. The van der Waals surface area contributed by atoms with E-state index in [9.17, 15) is 9.18 Å². The number of hydrogen-bond donors (Lipinski definition) is 3. The van der Waals surface area contributed by atoms with E-state index in [1.165, 1.54) is 12.1 Å². The Morgan fingerprint density at radius 2 is 1.82 bits per heavy atom. The summed E-state index contributed by atoms with van der Waals surface area (Å²) in [6.45, 7) is 5.66. The van der Waals surface area contributed by atoms with Gasteiger partial charge in [0.25, 0.3) is 5.91 Å². The highest BCUT2D eigenvalue weighted by Crippen LogP contribution is 2.36. The Kier molecular flexibility index (Phi) is 6.47. The van der Waals surface area contributed by atoms with Crippen LogP contribution in [0.3, 0.4) is 0 Å². The van der Waals surface area contributed by atoms with Gasteiger partial charge in [0.1, 0.15) is 17.7 Å². The summed E-state index contributed by atoms with van der Waals surface area (Å²) in [7, 11) is 0. The molecule has 4 heterocycles. The molecule has 2 fully saturated rings. The third-order valence-electron chi connectivity index (χ3n) is 6.95. The van der Waals surface area contributed by atoms with Crippen molar-refractivity contribution in [1.82, 2.24) is 25.2 Å². The molecule has 12 heteroatoms. The first-order chi connectivity index (χ1) is 18.9. The molecule has 2 aromatic heterocycles. The Bertz CT molecular complexity index is 1570. The Labute approximate surface area is 222 Å². The standard InChI is InChI=1S/C27H26F3N7O2/c1-15-11-17-23(30)21(13-19(29)24(17)34-15)39-26-22(27(38)37-7-2-8-37)25(32-14-33-26)35-16-3-4-20(18(28)12-16)36-9-5-31-6-10-36/h3-4,11-14,31,34H,2,5-10H2,1H3,(H,32,33,35). The topological polar surface area (TPSA) is 98.4 Å². The summed E-state index contributed by atoms with van der Waals surface area (Å²) in [4.78, 5) is 28.0. The fourth-order valence-corrected chi connectivity index (χ4v) is 4.81. The molecule has 2 aromatic carbocycles. The number of ether oxygens (including phenoxy) is 1. The molecule has 3 N–H and O–H groups in total. The van der Waals surface area contributed by atoms with Gasteiger partial charge < -0.3 is 30.2 Å². The van der Waals surface area contributed by atoms with Gasteiger partial charge in [-0.3, -0.25) is 4.79 Å². The average Bonchev–Trinajstić information content (AvgIpc) is 3.29. The van der Waals surface area contributed by atoms with Crippen molar-refractivity contribution in [2.75, 3.05) is 49.5 Å². The van der Waals surface area contributed by atoms with Crippen molar-refractivity contribution in [3.05, 3.63) is 65.4 Å². The molecule has 0 radical (unpaired) electrons. The second-order valence-electron chi connectivity index (χ2n) is 9.59. The van der Waals surface area contributed by atoms with Crippen LogP contribution in [0.25, 0.3) is 10.9 Å². The molecule has 0 aliphatic carbocycles. The van der Waals surface area contributed by atoms with Gasteiger partial charge in [-0.15, -0.1) is 0 Å². The van der Waals surface area contributed by atoms with Gasteiger partial charge in [-0.2, -0.15) is 0 Å². The SMILES string of the molecule is Cc1cc2c(F)c(Oc3ncnc(Nc4ccc(N5CCNCC5)c(F)c4)c3C(=O)N3CCC3)cc(F)c2[nH]1. The van der Waals surface area contributed by atoms with Crippen LogP contribution in [0, 0.1) is 24.4 Å². The van der Waals surface area contributed by atoms with Gasteiger partial charge in [0.2, 0.25) is 5.88 Å². The number of carbonyl (C=O) groups is 1. The summed E-state index contributed by atoms with van der Waals surface area (Å²) in [6, 6.07) is 7.07. The summed E-state index contributed by atoms with van der Waals surface area (Å²) in [5.41, 5.74) is 1.38. The number of aryl methyl sites for hydroxylation is 1. The van der Waals surface area contributed by atoms with Gasteiger partial charge in [-0.05, 0) is 37.6 Å². The molecule has 6 rings (SSSR count). The van der Waals surface area contributed by atoms with Gasteiger partial charge in [0, 0.05) is 62.1 Å². The van der Waals surface area contributed by atoms with E-state index in [0.29, 0.717) is 43.2 Å². The molecule has 2 aliphatic rings. The van der Waals surface area contributed by atoms with Gasteiger partial charge in [-0.1, -0.05) is 0 Å².